The summed E-state index contributed by atoms with van der Waals surface area (Å²) in [6.45, 7) is 7.55. The van der Waals surface area contributed by atoms with E-state index in [1.54, 1.807) is 17.5 Å². The fourth-order valence-electron chi connectivity index (χ4n) is 1.88. The zero-order valence-corrected chi connectivity index (χ0v) is 10.6. The van der Waals surface area contributed by atoms with Gasteiger partial charge in [0.05, 0.1) is 12.7 Å². The molecule has 3 nitrogen and oxygen atoms in total. The van der Waals surface area contributed by atoms with E-state index in [2.05, 4.69) is 29.0 Å². The van der Waals surface area contributed by atoms with Gasteiger partial charge in [-0.25, -0.2) is 4.98 Å². The molecule has 1 aromatic heterocycles. The Kier molecular flexibility index (Phi) is 3.61. The average Bonchev–Trinajstić information content (AvgIpc) is 2.59. The van der Waals surface area contributed by atoms with Gasteiger partial charge in [0.2, 0.25) is 0 Å². The number of nitrogens with zero attached hydrogens (tertiary/aromatic N) is 2. The van der Waals surface area contributed by atoms with Gasteiger partial charge >= 0.3 is 0 Å². The van der Waals surface area contributed by atoms with Crippen molar-refractivity contribution in [3.8, 4) is 0 Å². The smallest absolute Gasteiger partial charge is 0.113 e. The van der Waals surface area contributed by atoms with Crippen molar-refractivity contribution in [1.29, 1.82) is 0 Å². The lowest BCUT2D eigenvalue weighted by atomic mass is 10.1. The number of thiazole rings is 1. The molecule has 15 heavy (non-hydrogen) atoms. The standard InChI is InChI=1S/C10H16ClN3S/c1-7-8(2)14(4-3-12-7)6-10-13-5-9(11)15-10/h5,7-8,12H,3-4,6H2,1-2H3. The minimum Gasteiger partial charge on any atom is -0.311 e. The first kappa shape index (κ1) is 11.3. The Balaban J connectivity index is 1.99. The Labute approximate surface area is 99.5 Å². The highest BCUT2D eigenvalue weighted by Crippen LogP contribution is 2.21. The Morgan fingerprint density at radius 1 is 1.67 bits per heavy atom. The fourth-order valence-corrected chi connectivity index (χ4v) is 2.87. The highest BCUT2D eigenvalue weighted by atomic mass is 35.5. The molecule has 0 aliphatic carbocycles. The van der Waals surface area contributed by atoms with Crippen LogP contribution in [-0.4, -0.2) is 35.1 Å². The van der Waals surface area contributed by atoms with Crippen molar-refractivity contribution < 1.29 is 0 Å². The van der Waals surface area contributed by atoms with Crippen LogP contribution in [0.25, 0.3) is 0 Å². The number of hydrogen-bond donors (Lipinski definition) is 1. The molecule has 1 N–H and O–H groups in total. The topological polar surface area (TPSA) is 28.2 Å². The molecule has 2 unspecified atom stereocenters. The van der Waals surface area contributed by atoms with Crippen LogP contribution < -0.4 is 5.32 Å². The van der Waals surface area contributed by atoms with Gasteiger partial charge in [0, 0.05) is 25.2 Å². The SMILES string of the molecule is CC1NCCN(Cc2ncc(Cl)s2)C1C. The van der Waals surface area contributed by atoms with Crippen molar-refractivity contribution in [3.05, 3.63) is 15.5 Å². The Morgan fingerprint density at radius 2 is 2.47 bits per heavy atom. The van der Waals surface area contributed by atoms with Gasteiger partial charge in [-0.15, -0.1) is 11.3 Å². The second-order valence-corrected chi connectivity index (χ2v) is 5.76. The molecule has 5 heteroatoms. The maximum Gasteiger partial charge on any atom is 0.113 e. The van der Waals surface area contributed by atoms with Gasteiger partial charge in [0.25, 0.3) is 0 Å². The third kappa shape index (κ3) is 2.69. The summed E-state index contributed by atoms with van der Waals surface area (Å²) in [7, 11) is 0. The van der Waals surface area contributed by atoms with Crippen LogP contribution in [0, 0.1) is 0 Å². The third-order valence-corrected chi connectivity index (χ3v) is 4.13. The molecule has 0 bridgehead atoms. The van der Waals surface area contributed by atoms with Crippen molar-refractivity contribution >= 4 is 22.9 Å². The van der Waals surface area contributed by atoms with Crippen molar-refractivity contribution in [2.45, 2.75) is 32.5 Å². The number of nitrogens with one attached hydrogen (secondary N) is 1. The summed E-state index contributed by atoms with van der Waals surface area (Å²) >= 11 is 7.45. The van der Waals surface area contributed by atoms with E-state index in [4.69, 9.17) is 11.6 Å². The quantitative estimate of drug-likeness (QED) is 0.864. The van der Waals surface area contributed by atoms with Crippen LogP contribution in [0.1, 0.15) is 18.9 Å². The number of rotatable bonds is 2. The van der Waals surface area contributed by atoms with Gasteiger partial charge < -0.3 is 5.32 Å². The van der Waals surface area contributed by atoms with E-state index in [0.717, 1.165) is 29.0 Å². The first-order chi connectivity index (χ1) is 7.16. The third-order valence-electron chi connectivity index (χ3n) is 3.03. The van der Waals surface area contributed by atoms with Gasteiger partial charge in [-0.1, -0.05) is 11.6 Å². The van der Waals surface area contributed by atoms with Gasteiger partial charge in [-0.05, 0) is 13.8 Å². The molecular formula is C10H16ClN3S. The maximum absolute atomic E-state index is 5.87. The first-order valence-corrected chi connectivity index (χ1v) is 6.44. The number of halogens is 1. The fraction of sp³-hybridized carbons (Fsp3) is 0.700. The minimum absolute atomic E-state index is 0.550. The van der Waals surface area contributed by atoms with E-state index in [0.29, 0.717) is 12.1 Å². The molecule has 1 aromatic rings. The molecular weight excluding hydrogens is 230 g/mol. The van der Waals surface area contributed by atoms with Crippen LogP contribution in [0.4, 0.5) is 0 Å². The lowest BCUT2D eigenvalue weighted by Crippen LogP contribution is -2.54. The van der Waals surface area contributed by atoms with Crippen LogP contribution >= 0.6 is 22.9 Å². The average molecular weight is 246 g/mol. The zero-order chi connectivity index (χ0) is 10.8. The van der Waals surface area contributed by atoms with E-state index in [1.165, 1.54) is 0 Å². The van der Waals surface area contributed by atoms with E-state index in [9.17, 15) is 0 Å². The number of hydrogen-bond acceptors (Lipinski definition) is 4. The van der Waals surface area contributed by atoms with Crippen molar-refractivity contribution in [1.82, 2.24) is 15.2 Å². The molecule has 0 spiro atoms. The summed E-state index contributed by atoms with van der Waals surface area (Å²) in [5.74, 6) is 0. The monoisotopic (exact) mass is 245 g/mol. The molecule has 1 saturated heterocycles. The molecule has 0 amide bonds. The lowest BCUT2D eigenvalue weighted by Gasteiger charge is -2.38. The Morgan fingerprint density at radius 3 is 3.13 bits per heavy atom. The molecule has 0 aromatic carbocycles. The highest BCUT2D eigenvalue weighted by molar-refractivity contribution is 7.15. The zero-order valence-electron chi connectivity index (χ0n) is 9.03. The van der Waals surface area contributed by atoms with Crippen molar-refractivity contribution in [3.63, 3.8) is 0 Å². The lowest BCUT2D eigenvalue weighted by molar-refractivity contribution is 0.130. The summed E-state index contributed by atoms with van der Waals surface area (Å²) < 4.78 is 0.779. The Bertz CT molecular complexity index is 328. The van der Waals surface area contributed by atoms with Crippen LogP contribution in [0.3, 0.4) is 0 Å². The molecule has 2 atom stereocenters. The molecule has 84 valence electrons. The summed E-state index contributed by atoms with van der Waals surface area (Å²) in [6.07, 6.45) is 1.73. The van der Waals surface area contributed by atoms with Crippen LogP contribution in [0.5, 0.6) is 0 Å². The van der Waals surface area contributed by atoms with E-state index < -0.39 is 0 Å². The van der Waals surface area contributed by atoms with E-state index in [-0.39, 0.29) is 0 Å². The van der Waals surface area contributed by atoms with Crippen molar-refractivity contribution in [2.24, 2.45) is 0 Å². The van der Waals surface area contributed by atoms with Crippen molar-refractivity contribution in [2.75, 3.05) is 13.1 Å². The molecule has 1 aliphatic rings. The highest BCUT2D eigenvalue weighted by Gasteiger charge is 2.24. The predicted octanol–water partition coefficient (Wildman–Crippen LogP) is 1.98. The summed E-state index contributed by atoms with van der Waals surface area (Å²) in [6, 6.07) is 1.11. The van der Waals surface area contributed by atoms with Gasteiger partial charge in [0.15, 0.2) is 0 Å². The number of piperazine rings is 1. The van der Waals surface area contributed by atoms with E-state index in [1.807, 2.05) is 0 Å². The molecule has 1 fully saturated rings. The van der Waals surface area contributed by atoms with Crippen LogP contribution in [0.15, 0.2) is 6.20 Å². The van der Waals surface area contributed by atoms with Gasteiger partial charge in [-0.2, -0.15) is 0 Å². The molecule has 2 rings (SSSR count). The normalized spacial score (nSPS) is 28.2. The Hall–Kier alpha value is -0.160. The molecule has 0 saturated carbocycles. The first-order valence-electron chi connectivity index (χ1n) is 5.24. The summed E-state index contributed by atoms with van der Waals surface area (Å²) in [4.78, 5) is 6.75. The largest absolute Gasteiger partial charge is 0.311 e. The molecule has 2 heterocycles. The summed E-state index contributed by atoms with van der Waals surface area (Å²) in [5, 5.41) is 4.58. The maximum atomic E-state index is 5.87. The number of aromatic nitrogens is 1. The second-order valence-electron chi connectivity index (χ2n) is 4.01. The molecule has 0 radical (unpaired) electrons. The van der Waals surface area contributed by atoms with E-state index >= 15 is 0 Å². The van der Waals surface area contributed by atoms with Gasteiger partial charge in [-0.3, -0.25) is 4.90 Å². The van der Waals surface area contributed by atoms with Gasteiger partial charge in [0.1, 0.15) is 9.34 Å². The summed E-state index contributed by atoms with van der Waals surface area (Å²) in [5.41, 5.74) is 0. The minimum atomic E-state index is 0.550. The predicted molar refractivity (Wildman–Crippen MR) is 64.5 cm³/mol. The molecule has 1 aliphatic heterocycles. The van der Waals surface area contributed by atoms with Crippen LogP contribution in [0.2, 0.25) is 4.34 Å². The second kappa shape index (κ2) is 4.78. The van der Waals surface area contributed by atoms with Crippen LogP contribution in [-0.2, 0) is 6.54 Å².